The van der Waals surface area contributed by atoms with Gasteiger partial charge < -0.3 is 25.4 Å². The predicted molar refractivity (Wildman–Crippen MR) is 85.1 cm³/mol. The maximum atomic E-state index is 12.0. The molecule has 0 radical (unpaired) electrons. The minimum atomic E-state index is -0.159. The van der Waals surface area contributed by atoms with Crippen LogP contribution in [0.3, 0.4) is 0 Å². The molecule has 0 saturated carbocycles. The third-order valence-corrected chi connectivity index (χ3v) is 3.62. The zero-order valence-corrected chi connectivity index (χ0v) is 13.0. The molecule has 7 nitrogen and oxygen atoms in total. The Labute approximate surface area is 135 Å². The molecule has 2 rings (SSSR count). The maximum absolute atomic E-state index is 12.0. The van der Waals surface area contributed by atoms with Gasteiger partial charge in [-0.05, 0) is 12.1 Å². The first-order chi connectivity index (χ1) is 11.2. The fraction of sp³-hybridized carbons (Fsp3) is 0.500. The van der Waals surface area contributed by atoms with E-state index in [-0.39, 0.29) is 37.7 Å². The number of hydrogen-bond acceptors (Lipinski definition) is 5. The van der Waals surface area contributed by atoms with Crippen molar-refractivity contribution in [2.24, 2.45) is 0 Å². The van der Waals surface area contributed by atoms with Gasteiger partial charge in [-0.2, -0.15) is 0 Å². The van der Waals surface area contributed by atoms with Crippen molar-refractivity contribution in [3.8, 4) is 0 Å². The van der Waals surface area contributed by atoms with Gasteiger partial charge in [0.1, 0.15) is 6.61 Å². The molecule has 7 heteroatoms. The number of aliphatic hydroxyl groups is 1. The lowest BCUT2D eigenvalue weighted by molar-refractivity contribution is -0.137. The highest BCUT2D eigenvalue weighted by atomic mass is 16.5. The average molecular weight is 321 g/mol. The van der Waals surface area contributed by atoms with E-state index in [9.17, 15) is 9.59 Å². The van der Waals surface area contributed by atoms with Crippen LogP contribution in [0.2, 0.25) is 0 Å². The number of hydrogen-bond donors (Lipinski definition) is 3. The molecule has 0 aliphatic carbocycles. The van der Waals surface area contributed by atoms with Crippen LogP contribution in [0.15, 0.2) is 30.3 Å². The lowest BCUT2D eigenvalue weighted by atomic mass is 10.2. The van der Waals surface area contributed by atoms with Crippen LogP contribution in [-0.2, 0) is 9.53 Å². The number of ether oxygens (including phenoxy) is 1. The number of nitrogens with zero attached hydrogens (tertiary/aromatic N) is 1. The predicted octanol–water partition coefficient (Wildman–Crippen LogP) is -0.774. The summed E-state index contributed by atoms with van der Waals surface area (Å²) in [6.07, 6.45) is 0. The smallest absolute Gasteiger partial charge is 0.251 e. The van der Waals surface area contributed by atoms with Gasteiger partial charge in [-0.25, -0.2) is 0 Å². The summed E-state index contributed by atoms with van der Waals surface area (Å²) in [6, 6.07) is 8.86. The average Bonchev–Trinajstić information content (AvgIpc) is 2.61. The van der Waals surface area contributed by atoms with Gasteiger partial charge in [0.2, 0.25) is 5.91 Å². The third kappa shape index (κ3) is 5.63. The van der Waals surface area contributed by atoms with Crippen molar-refractivity contribution < 1.29 is 19.4 Å². The van der Waals surface area contributed by atoms with Crippen LogP contribution in [0.25, 0.3) is 0 Å². The van der Waals surface area contributed by atoms with Crippen molar-refractivity contribution in [2.45, 2.75) is 6.04 Å². The number of carbonyl (C=O) groups excluding carboxylic acids is 2. The van der Waals surface area contributed by atoms with Crippen molar-refractivity contribution in [3.05, 3.63) is 35.9 Å². The van der Waals surface area contributed by atoms with Crippen LogP contribution in [0.5, 0.6) is 0 Å². The molecule has 2 amide bonds. The summed E-state index contributed by atoms with van der Waals surface area (Å²) in [5.41, 5.74) is 0.597. The van der Waals surface area contributed by atoms with Crippen LogP contribution in [0, 0.1) is 0 Å². The summed E-state index contributed by atoms with van der Waals surface area (Å²) in [4.78, 5) is 25.4. The Balaban J connectivity index is 1.60. The van der Waals surface area contributed by atoms with Gasteiger partial charge in [-0.3, -0.25) is 9.59 Å². The standard InChI is InChI=1S/C16H23N3O4/c20-11-14-10-19(8-6-17-14)15(21)12-23-9-7-18-16(22)13-4-2-1-3-5-13/h1-5,14,17,20H,6-12H2,(H,18,22)/t14-/m0/s1. The molecule has 1 aliphatic heterocycles. The molecule has 0 bridgehead atoms. The van der Waals surface area contributed by atoms with E-state index in [0.717, 1.165) is 0 Å². The second kappa shape index (κ2) is 9.24. The number of amides is 2. The maximum Gasteiger partial charge on any atom is 0.251 e. The molecule has 126 valence electrons. The first-order valence-electron chi connectivity index (χ1n) is 7.73. The molecular formula is C16H23N3O4. The van der Waals surface area contributed by atoms with Gasteiger partial charge in [0.15, 0.2) is 0 Å². The monoisotopic (exact) mass is 321 g/mol. The zero-order valence-electron chi connectivity index (χ0n) is 13.0. The Morgan fingerprint density at radius 3 is 2.87 bits per heavy atom. The minimum absolute atomic E-state index is 0.0101. The highest BCUT2D eigenvalue weighted by Gasteiger charge is 2.22. The normalized spacial score (nSPS) is 17.8. The lowest BCUT2D eigenvalue weighted by Crippen LogP contribution is -2.54. The molecule has 1 atom stereocenters. The molecule has 0 unspecified atom stereocenters. The number of carbonyl (C=O) groups is 2. The Hall–Kier alpha value is -1.96. The summed E-state index contributed by atoms with van der Waals surface area (Å²) in [6.45, 7) is 2.40. The molecule has 0 aromatic heterocycles. The van der Waals surface area contributed by atoms with E-state index in [4.69, 9.17) is 9.84 Å². The Morgan fingerprint density at radius 1 is 1.35 bits per heavy atom. The zero-order chi connectivity index (χ0) is 16.5. The Kier molecular flexibility index (Phi) is 6.99. The number of benzene rings is 1. The quantitative estimate of drug-likeness (QED) is 0.574. The minimum Gasteiger partial charge on any atom is -0.395 e. The Morgan fingerprint density at radius 2 is 2.13 bits per heavy atom. The van der Waals surface area contributed by atoms with E-state index in [1.54, 1.807) is 29.2 Å². The molecule has 23 heavy (non-hydrogen) atoms. The van der Waals surface area contributed by atoms with Crippen molar-refractivity contribution in [2.75, 3.05) is 46.0 Å². The van der Waals surface area contributed by atoms with E-state index in [0.29, 0.717) is 31.7 Å². The van der Waals surface area contributed by atoms with Gasteiger partial charge in [-0.15, -0.1) is 0 Å². The van der Waals surface area contributed by atoms with Crippen molar-refractivity contribution in [1.29, 1.82) is 0 Å². The molecule has 1 saturated heterocycles. The SMILES string of the molecule is O=C(NCCOCC(=O)N1CCN[C@H](CO)C1)c1ccccc1. The molecule has 3 N–H and O–H groups in total. The second-order valence-corrected chi connectivity index (χ2v) is 5.35. The van der Waals surface area contributed by atoms with E-state index in [1.165, 1.54) is 0 Å². The first-order valence-corrected chi connectivity index (χ1v) is 7.73. The highest BCUT2D eigenvalue weighted by Crippen LogP contribution is 2.00. The number of piperazine rings is 1. The highest BCUT2D eigenvalue weighted by molar-refractivity contribution is 5.94. The van der Waals surface area contributed by atoms with Crippen molar-refractivity contribution in [3.63, 3.8) is 0 Å². The van der Waals surface area contributed by atoms with Crippen molar-refractivity contribution in [1.82, 2.24) is 15.5 Å². The number of rotatable bonds is 7. The van der Waals surface area contributed by atoms with Crippen LogP contribution in [-0.4, -0.2) is 73.9 Å². The van der Waals surface area contributed by atoms with E-state index < -0.39 is 0 Å². The van der Waals surface area contributed by atoms with Gasteiger partial charge in [0, 0.05) is 37.8 Å². The number of aliphatic hydroxyl groups excluding tert-OH is 1. The van der Waals surface area contributed by atoms with Crippen LogP contribution >= 0.6 is 0 Å². The van der Waals surface area contributed by atoms with Gasteiger partial charge >= 0.3 is 0 Å². The third-order valence-electron chi connectivity index (χ3n) is 3.62. The fourth-order valence-electron chi connectivity index (χ4n) is 2.35. The number of nitrogens with one attached hydrogen (secondary N) is 2. The summed E-state index contributed by atoms with van der Waals surface area (Å²) in [7, 11) is 0. The van der Waals surface area contributed by atoms with Gasteiger partial charge in [0.25, 0.3) is 5.91 Å². The van der Waals surface area contributed by atoms with Crippen LogP contribution in [0.1, 0.15) is 10.4 Å². The van der Waals surface area contributed by atoms with E-state index >= 15 is 0 Å². The lowest BCUT2D eigenvalue weighted by Gasteiger charge is -2.32. The molecule has 1 fully saturated rings. The molecule has 1 aromatic carbocycles. The summed E-state index contributed by atoms with van der Waals surface area (Å²) >= 11 is 0. The largest absolute Gasteiger partial charge is 0.395 e. The van der Waals surface area contributed by atoms with Crippen LogP contribution in [0.4, 0.5) is 0 Å². The van der Waals surface area contributed by atoms with E-state index in [1.807, 2.05) is 6.07 Å². The van der Waals surface area contributed by atoms with Gasteiger partial charge in [-0.1, -0.05) is 18.2 Å². The fourth-order valence-corrected chi connectivity index (χ4v) is 2.35. The Bertz CT molecular complexity index is 509. The summed E-state index contributed by atoms with van der Waals surface area (Å²) in [5.74, 6) is -0.257. The molecule has 1 aromatic rings. The summed E-state index contributed by atoms with van der Waals surface area (Å²) in [5, 5.41) is 15.0. The first kappa shape index (κ1) is 17.4. The van der Waals surface area contributed by atoms with E-state index in [2.05, 4.69) is 10.6 Å². The van der Waals surface area contributed by atoms with Crippen LogP contribution < -0.4 is 10.6 Å². The molecule has 1 heterocycles. The van der Waals surface area contributed by atoms with Gasteiger partial charge in [0.05, 0.1) is 13.2 Å². The van der Waals surface area contributed by atoms with Crippen molar-refractivity contribution >= 4 is 11.8 Å². The second-order valence-electron chi connectivity index (χ2n) is 5.35. The molecule has 0 spiro atoms. The topological polar surface area (TPSA) is 90.9 Å². The summed E-state index contributed by atoms with van der Waals surface area (Å²) < 4.78 is 5.31. The molecular weight excluding hydrogens is 298 g/mol. The molecule has 1 aliphatic rings.